The van der Waals surface area contributed by atoms with Gasteiger partial charge in [-0.1, -0.05) is 24.3 Å². The minimum absolute atomic E-state index is 0.174. The Labute approximate surface area is 142 Å². The molecule has 0 aliphatic heterocycles. The number of hydrogen-bond donors (Lipinski definition) is 2. The average molecular weight is 347 g/mol. The van der Waals surface area contributed by atoms with E-state index in [2.05, 4.69) is 5.32 Å². The van der Waals surface area contributed by atoms with Crippen molar-refractivity contribution >= 4 is 12.0 Å². The molecule has 0 heterocycles. The van der Waals surface area contributed by atoms with Gasteiger partial charge in [0.1, 0.15) is 5.75 Å². The van der Waals surface area contributed by atoms with E-state index in [0.717, 1.165) is 23.3 Å². The number of alkyl halides is 3. The van der Waals surface area contributed by atoms with Gasteiger partial charge in [-0.05, 0) is 53.8 Å². The molecule has 3 nitrogen and oxygen atoms in total. The summed E-state index contributed by atoms with van der Waals surface area (Å²) in [7, 11) is 0. The maximum atomic E-state index is 12.5. The van der Waals surface area contributed by atoms with Crippen molar-refractivity contribution in [2.24, 2.45) is 0 Å². The number of benzene rings is 2. The van der Waals surface area contributed by atoms with Gasteiger partial charge in [0.2, 0.25) is 5.91 Å². The molecule has 0 spiro atoms. The summed E-state index contributed by atoms with van der Waals surface area (Å²) < 4.78 is 37.5. The zero-order chi connectivity index (χ0) is 18.0. The quantitative estimate of drug-likeness (QED) is 0.817. The Kier molecular flexibility index (Phi) is 4.53. The van der Waals surface area contributed by atoms with Crippen LogP contribution in [-0.4, -0.2) is 11.0 Å². The number of nitrogens with one attached hydrogen (secondary N) is 1. The number of amides is 1. The monoisotopic (exact) mass is 347 g/mol. The summed E-state index contributed by atoms with van der Waals surface area (Å²) in [6.07, 6.45) is -0.222. The van der Waals surface area contributed by atoms with Crippen molar-refractivity contribution in [3.05, 3.63) is 70.8 Å². The number of halogens is 3. The molecule has 0 saturated heterocycles. The lowest BCUT2D eigenvalue weighted by Gasteiger charge is -2.12. The van der Waals surface area contributed by atoms with Crippen molar-refractivity contribution in [3.8, 4) is 5.75 Å². The molecular weight excluding hydrogens is 331 g/mol. The van der Waals surface area contributed by atoms with Gasteiger partial charge in [0.15, 0.2) is 0 Å². The molecule has 0 saturated carbocycles. The largest absolute Gasteiger partial charge is 0.508 e. The third kappa shape index (κ3) is 3.84. The highest BCUT2D eigenvalue weighted by molar-refractivity contribution is 5.92. The topological polar surface area (TPSA) is 49.3 Å². The first-order valence-corrected chi connectivity index (χ1v) is 7.81. The van der Waals surface area contributed by atoms with E-state index in [0.29, 0.717) is 18.4 Å². The molecule has 1 aliphatic carbocycles. The van der Waals surface area contributed by atoms with Gasteiger partial charge >= 0.3 is 6.18 Å². The minimum Gasteiger partial charge on any atom is -0.508 e. The van der Waals surface area contributed by atoms with Gasteiger partial charge in [0.05, 0.1) is 11.6 Å². The lowest BCUT2D eigenvalue weighted by atomic mass is 10.1. The van der Waals surface area contributed by atoms with Crippen LogP contribution < -0.4 is 5.32 Å². The lowest BCUT2D eigenvalue weighted by molar-refractivity contribution is -0.137. The van der Waals surface area contributed by atoms with Crippen LogP contribution in [0, 0.1) is 0 Å². The minimum atomic E-state index is -4.37. The van der Waals surface area contributed by atoms with E-state index in [1.165, 1.54) is 24.3 Å². The van der Waals surface area contributed by atoms with E-state index in [1.54, 1.807) is 12.1 Å². The predicted molar refractivity (Wildman–Crippen MR) is 87.8 cm³/mol. The molecular formula is C19H16F3NO2. The van der Waals surface area contributed by atoms with Crippen LogP contribution in [0.25, 0.3) is 6.08 Å². The molecule has 2 N–H and O–H groups in total. The number of aromatic hydroxyl groups is 1. The lowest BCUT2D eigenvalue weighted by Crippen LogP contribution is -2.25. The van der Waals surface area contributed by atoms with Crippen molar-refractivity contribution in [1.29, 1.82) is 0 Å². The third-order valence-corrected chi connectivity index (χ3v) is 4.23. The number of fused-ring (bicyclic) bond motifs is 1. The maximum Gasteiger partial charge on any atom is 0.416 e. The molecule has 0 radical (unpaired) electrons. The maximum absolute atomic E-state index is 12.5. The fourth-order valence-electron chi connectivity index (χ4n) is 2.96. The van der Waals surface area contributed by atoms with Gasteiger partial charge in [0.25, 0.3) is 0 Å². The van der Waals surface area contributed by atoms with Crippen molar-refractivity contribution in [3.63, 3.8) is 0 Å². The molecule has 1 unspecified atom stereocenters. The molecule has 2 aromatic carbocycles. The predicted octanol–water partition coefficient (Wildman–Crippen LogP) is 4.23. The highest BCUT2D eigenvalue weighted by Crippen LogP contribution is 2.36. The highest BCUT2D eigenvalue weighted by Gasteiger charge is 2.29. The number of phenolic OH excluding ortho intramolecular Hbond substituents is 1. The molecule has 0 aromatic heterocycles. The number of hydrogen-bond acceptors (Lipinski definition) is 2. The smallest absolute Gasteiger partial charge is 0.416 e. The van der Waals surface area contributed by atoms with E-state index >= 15 is 0 Å². The average Bonchev–Trinajstić information content (AvgIpc) is 2.97. The number of carbonyl (C=O) groups excluding carboxylic acids is 1. The zero-order valence-electron chi connectivity index (χ0n) is 13.2. The van der Waals surface area contributed by atoms with E-state index in [-0.39, 0.29) is 17.7 Å². The SMILES string of the molecule is O=C(/C=C/c1ccc(C(F)(F)F)cc1)NC1CCc2c(O)cccc21. The molecule has 1 amide bonds. The summed E-state index contributed by atoms with van der Waals surface area (Å²) in [5.41, 5.74) is 1.53. The standard InChI is InChI=1S/C19H16F3NO2/c20-19(21,22)13-7-4-12(5-8-13)6-11-18(25)23-16-10-9-15-14(16)2-1-3-17(15)24/h1-8,11,16,24H,9-10H2,(H,23,25)/b11-6+. The summed E-state index contributed by atoms with van der Waals surface area (Å²) in [6, 6.07) is 9.63. The second-order valence-electron chi connectivity index (χ2n) is 5.90. The van der Waals surface area contributed by atoms with Crippen molar-refractivity contribution in [2.75, 3.05) is 0 Å². The number of phenols is 1. The first kappa shape index (κ1) is 17.1. The van der Waals surface area contributed by atoms with E-state index in [1.807, 2.05) is 6.07 Å². The first-order chi connectivity index (χ1) is 11.8. The van der Waals surface area contributed by atoms with Crippen LogP contribution in [-0.2, 0) is 17.4 Å². The molecule has 1 aliphatic rings. The Morgan fingerprint density at radius 2 is 1.88 bits per heavy atom. The Morgan fingerprint density at radius 1 is 1.16 bits per heavy atom. The van der Waals surface area contributed by atoms with Crippen LogP contribution in [0.2, 0.25) is 0 Å². The van der Waals surface area contributed by atoms with Gasteiger partial charge < -0.3 is 10.4 Å². The second-order valence-corrected chi connectivity index (χ2v) is 5.90. The molecule has 6 heteroatoms. The van der Waals surface area contributed by atoms with E-state index in [4.69, 9.17) is 0 Å². The van der Waals surface area contributed by atoms with Crippen molar-refractivity contribution in [1.82, 2.24) is 5.32 Å². The summed E-state index contributed by atoms with van der Waals surface area (Å²) in [4.78, 5) is 12.1. The Morgan fingerprint density at radius 3 is 2.56 bits per heavy atom. The van der Waals surface area contributed by atoms with Gasteiger partial charge in [-0.25, -0.2) is 0 Å². The van der Waals surface area contributed by atoms with Crippen LogP contribution in [0.3, 0.4) is 0 Å². The van der Waals surface area contributed by atoms with E-state index < -0.39 is 11.7 Å². The molecule has 3 rings (SSSR count). The van der Waals surface area contributed by atoms with Crippen LogP contribution in [0.4, 0.5) is 13.2 Å². The van der Waals surface area contributed by atoms with Crippen LogP contribution >= 0.6 is 0 Å². The van der Waals surface area contributed by atoms with Gasteiger partial charge in [-0.2, -0.15) is 13.2 Å². The highest BCUT2D eigenvalue weighted by atomic mass is 19.4. The zero-order valence-corrected chi connectivity index (χ0v) is 13.2. The summed E-state index contributed by atoms with van der Waals surface area (Å²) >= 11 is 0. The van der Waals surface area contributed by atoms with Gasteiger partial charge in [-0.15, -0.1) is 0 Å². The summed E-state index contributed by atoms with van der Waals surface area (Å²) in [5, 5.41) is 12.7. The molecule has 130 valence electrons. The molecule has 0 fully saturated rings. The summed E-state index contributed by atoms with van der Waals surface area (Å²) in [5.74, 6) is -0.101. The number of carbonyl (C=O) groups is 1. The Hall–Kier alpha value is -2.76. The summed E-state index contributed by atoms with van der Waals surface area (Å²) in [6.45, 7) is 0. The van der Waals surface area contributed by atoms with Gasteiger partial charge in [-0.3, -0.25) is 4.79 Å². The molecule has 0 bridgehead atoms. The number of rotatable bonds is 3. The van der Waals surface area contributed by atoms with Crippen LogP contribution in [0.1, 0.15) is 34.7 Å². The van der Waals surface area contributed by atoms with E-state index in [9.17, 15) is 23.1 Å². The molecule has 25 heavy (non-hydrogen) atoms. The first-order valence-electron chi connectivity index (χ1n) is 7.81. The fourth-order valence-corrected chi connectivity index (χ4v) is 2.96. The van der Waals surface area contributed by atoms with Crippen molar-refractivity contribution in [2.45, 2.75) is 25.1 Å². The fraction of sp³-hybridized carbons (Fsp3) is 0.211. The van der Waals surface area contributed by atoms with Crippen LogP contribution in [0.15, 0.2) is 48.5 Å². The molecule has 1 atom stereocenters. The second kappa shape index (κ2) is 6.63. The third-order valence-electron chi connectivity index (χ3n) is 4.23. The Bertz CT molecular complexity index is 810. The normalized spacial score (nSPS) is 16.8. The van der Waals surface area contributed by atoms with Crippen LogP contribution in [0.5, 0.6) is 5.75 Å². The Balaban J connectivity index is 1.64. The van der Waals surface area contributed by atoms with Crippen molar-refractivity contribution < 1.29 is 23.1 Å². The molecule has 2 aromatic rings. The van der Waals surface area contributed by atoms with Gasteiger partial charge in [0, 0.05) is 6.08 Å².